The van der Waals surface area contributed by atoms with Crippen LogP contribution in [-0.4, -0.2) is 20.2 Å². The zero-order valence-electron chi connectivity index (χ0n) is 10.6. The van der Waals surface area contributed by atoms with Crippen LogP contribution in [0.3, 0.4) is 0 Å². The lowest BCUT2D eigenvalue weighted by Gasteiger charge is -2.22. The molecule has 1 saturated carbocycles. The Morgan fingerprint density at radius 2 is 2.00 bits per heavy atom. The highest BCUT2D eigenvalue weighted by Crippen LogP contribution is 2.34. The summed E-state index contributed by atoms with van der Waals surface area (Å²) in [5, 5.41) is 12.6. The van der Waals surface area contributed by atoms with E-state index in [0.29, 0.717) is 22.6 Å². The van der Waals surface area contributed by atoms with Gasteiger partial charge in [0.1, 0.15) is 0 Å². The Kier molecular flexibility index (Phi) is 3.38. The van der Waals surface area contributed by atoms with Crippen LogP contribution in [0.4, 0.5) is 5.69 Å². The number of rotatable bonds is 2. The van der Waals surface area contributed by atoms with Crippen molar-refractivity contribution in [1.82, 2.24) is 20.2 Å². The van der Waals surface area contributed by atoms with E-state index in [1.54, 1.807) is 6.07 Å². The monoisotopic (exact) mass is 277 g/mol. The van der Waals surface area contributed by atoms with E-state index in [2.05, 4.69) is 15.5 Å². The fourth-order valence-corrected chi connectivity index (χ4v) is 2.85. The summed E-state index contributed by atoms with van der Waals surface area (Å²) in [4.78, 5) is 0. The molecule has 100 valence electrons. The summed E-state index contributed by atoms with van der Waals surface area (Å²) >= 11 is 6.07. The van der Waals surface area contributed by atoms with Gasteiger partial charge in [-0.1, -0.05) is 36.9 Å². The van der Waals surface area contributed by atoms with Crippen LogP contribution in [0.1, 0.15) is 38.1 Å². The number of aromatic nitrogens is 4. The standard InChI is InChI=1S/C13H16ClN5/c14-11-8-4-7-10(12(11)15)13-16-17-18-19(13)9-5-2-1-3-6-9/h4,7-9H,1-3,5-6,15H2. The first-order valence-corrected chi connectivity index (χ1v) is 6.97. The van der Waals surface area contributed by atoms with Gasteiger partial charge in [0, 0.05) is 5.56 Å². The topological polar surface area (TPSA) is 69.6 Å². The van der Waals surface area contributed by atoms with Gasteiger partial charge in [-0.3, -0.25) is 0 Å². The number of halogens is 1. The molecule has 1 aliphatic rings. The summed E-state index contributed by atoms with van der Waals surface area (Å²) in [6, 6.07) is 5.92. The van der Waals surface area contributed by atoms with Crippen LogP contribution < -0.4 is 5.73 Å². The van der Waals surface area contributed by atoms with Crippen molar-refractivity contribution in [2.24, 2.45) is 0 Å². The van der Waals surface area contributed by atoms with Crippen molar-refractivity contribution in [3.05, 3.63) is 23.2 Å². The number of nitrogens with zero attached hydrogens (tertiary/aromatic N) is 4. The first-order chi connectivity index (χ1) is 9.27. The van der Waals surface area contributed by atoms with Crippen LogP contribution in [0.2, 0.25) is 5.02 Å². The molecule has 1 aromatic heterocycles. The van der Waals surface area contributed by atoms with Gasteiger partial charge in [0.2, 0.25) is 0 Å². The van der Waals surface area contributed by atoms with Gasteiger partial charge < -0.3 is 5.73 Å². The van der Waals surface area contributed by atoms with Crippen molar-refractivity contribution in [3.63, 3.8) is 0 Å². The van der Waals surface area contributed by atoms with Crippen LogP contribution in [0.25, 0.3) is 11.4 Å². The van der Waals surface area contributed by atoms with E-state index in [1.807, 2.05) is 16.8 Å². The highest BCUT2D eigenvalue weighted by molar-refractivity contribution is 6.33. The van der Waals surface area contributed by atoms with Gasteiger partial charge in [0.25, 0.3) is 0 Å². The lowest BCUT2D eigenvalue weighted by Crippen LogP contribution is -2.15. The highest BCUT2D eigenvalue weighted by Gasteiger charge is 2.22. The van der Waals surface area contributed by atoms with E-state index in [-0.39, 0.29) is 0 Å². The minimum atomic E-state index is 0.372. The lowest BCUT2D eigenvalue weighted by molar-refractivity contribution is 0.327. The third-order valence-corrected chi connectivity index (χ3v) is 4.04. The second-order valence-electron chi connectivity index (χ2n) is 4.94. The quantitative estimate of drug-likeness (QED) is 0.857. The normalized spacial score (nSPS) is 16.7. The Hall–Kier alpha value is -1.62. The van der Waals surface area contributed by atoms with Crippen molar-refractivity contribution in [3.8, 4) is 11.4 Å². The largest absolute Gasteiger partial charge is 0.397 e. The SMILES string of the molecule is Nc1c(Cl)cccc1-c1nnnn1C1CCCCC1. The molecule has 5 nitrogen and oxygen atoms in total. The molecule has 0 bridgehead atoms. The molecule has 0 atom stereocenters. The molecule has 1 heterocycles. The molecule has 3 rings (SSSR count). The summed E-state index contributed by atoms with van der Waals surface area (Å²) in [5.41, 5.74) is 7.38. The Balaban J connectivity index is 2.01. The number of nitrogens with two attached hydrogens (primary N) is 1. The number of anilines is 1. The van der Waals surface area contributed by atoms with Crippen molar-refractivity contribution in [2.75, 3.05) is 5.73 Å². The van der Waals surface area contributed by atoms with E-state index in [1.165, 1.54) is 19.3 Å². The van der Waals surface area contributed by atoms with E-state index in [4.69, 9.17) is 17.3 Å². The molecule has 1 aromatic carbocycles. The van der Waals surface area contributed by atoms with Crippen molar-refractivity contribution in [1.29, 1.82) is 0 Å². The summed E-state index contributed by atoms with van der Waals surface area (Å²) in [5.74, 6) is 0.715. The second kappa shape index (κ2) is 5.17. The van der Waals surface area contributed by atoms with E-state index in [0.717, 1.165) is 18.4 Å². The van der Waals surface area contributed by atoms with Gasteiger partial charge in [-0.2, -0.15) is 0 Å². The van der Waals surface area contributed by atoms with Gasteiger partial charge in [0.05, 0.1) is 16.8 Å². The Morgan fingerprint density at radius 1 is 1.21 bits per heavy atom. The average Bonchev–Trinajstić information content (AvgIpc) is 2.92. The number of nitrogen functional groups attached to an aromatic ring is 1. The molecule has 0 saturated heterocycles. The second-order valence-corrected chi connectivity index (χ2v) is 5.35. The smallest absolute Gasteiger partial charge is 0.184 e. The molecule has 0 radical (unpaired) electrons. The Morgan fingerprint density at radius 3 is 2.79 bits per heavy atom. The first kappa shape index (κ1) is 12.4. The van der Waals surface area contributed by atoms with E-state index >= 15 is 0 Å². The van der Waals surface area contributed by atoms with Crippen LogP contribution >= 0.6 is 11.6 Å². The lowest BCUT2D eigenvalue weighted by atomic mass is 9.95. The summed E-state index contributed by atoms with van der Waals surface area (Å²) < 4.78 is 1.90. The van der Waals surface area contributed by atoms with Crippen molar-refractivity contribution < 1.29 is 0 Å². The molecule has 1 fully saturated rings. The molecule has 2 aromatic rings. The zero-order chi connectivity index (χ0) is 13.2. The number of hydrogen-bond acceptors (Lipinski definition) is 4. The fourth-order valence-electron chi connectivity index (χ4n) is 2.67. The van der Waals surface area contributed by atoms with Gasteiger partial charge in [-0.05, 0) is 35.4 Å². The van der Waals surface area contributed by atoms with Crippen LogP contribution in [-0.2, 0) is 0 Å². The minimum Gasteiger partial charge on any atom is -0.397 e. The molecule has 2 N–H and O–H groups in total. The van der Waals surface area contributed by atoms with Gasteiger partial charge in [-0.15, -0.1) is 5.10 Å². The molecule has 19 heavy (non-hydrogen) atoms. The number of hydrogen-bond donors (Lipinski definition) is 1. The third-order valence-electron chi connectivity index (χ3n) is 3.71. The van der Waals surface area contributed by atoms with Crippen LogP contribution in [0, 0.1) is 0 Å². The summed E-state index contributed by atoms with van der Waals surface area (Å²) in [7, 11) is 0. The number of para-hydroxylation sites is 1. The minimum absolute atomic E-state index is 0.372. The molecule has 0 amide bonds. The maximum atomic E-state index is 6.07. The molecule has 1 aliphatic carbocycles. The van der Waals surface area contributed by atoms with Gasteiger partial charge >= 0.3 is 0 Å². The van der Waals surface area contributed by atoms with Crippen LogP contribution in [0.5, 0.6) is 0 Å². The van der Waals surface area contributed by atoms with Crippen molar-refractivity contribution >= 4 is 17.3 Å². The summed E-state index contributed by atoms with van der Waals surface area (Å²) in [6.07, 6.45) is 6.01. The van der Waals surface area contributed by atoms with Crippen molar-refractivity contribution in [2.45, 2.75) is 38.1 Å². The molecule has 0 spiro atoms. The third kappa shape index (κ3) is 2.30. The van der Waals surface area contributed by atoms with E-state index < -0.39 is 0 Å². The maximum absolute atomic E-state index is 6.07. The van der Waals surface area contributed by atoms with Crippen LogP contribution in [0.15, 0.2) is 18.2 Å². The Labute approximate surface area is 116 Å². The van der Waals surface area contributed by atoms with E-state index in [9.17, 15) is 0 Å². The molecular formula is C13H16ClN5. The first-order valence-electron chi connectivity index (χ1n) is 6.59. The predicted octanol–water partition coefficient (Wildman–Crippen LogP) is 3.08. The zero-order valence-corrected chi connectivity index (χ0v) is 11.3. The molecule has 6 heteroatoms. The molecule has 0 aliphatic heterocycles. The average molecular weight is 278 g/mol. The predicted molar refractivity (Wildman–Crippen MR) is 74.8 cm³/mol. The Bertz CT molecular complexity index is 574. The molecular weight excluding hydrogens is 262 g/mol. The number of benzene rings is 1. The fraction of sp³-hybridized carbons (Fsp3) is 0.462. The maximum Gasteiger partial charge on any atom is 0.184 e. The van der Waals surface area contributed by atoms with Gasteiger partial charge in [-0.25, -0.2) is 4.68 Å². The number of tetrazole rings is 1. The highest BCUT2D eigenvalue weighted by atomic mass is 35.5. The van der Waals surface area contributed by atoms with Gasteiger partial charge in [0.15, 0.2) is 5.82 Å². The molecule has 0 unspecified atom stereocenters. The summed E-state index contributed by atoms with van der Waals surface area (Å²) in [6.45, 7) is 0.